The Morgan fingerprint density at radius 3 is 2.83 bits per heavy atom. The van der Waals surface area contributed by atoms with E-state index in [1.54, 1.807) is 0 Å². The van der Waals surface area contributed by atoms with Gasteiger partial charge in [0.15, 0.2) is 5.65 Å². The third kappa shape index (κ3) is 3.13. The lowest BCUT2D eigenvalue weighted by Crippen LogP contribution is -2.34. The van der Waals surface area contributed by atoms with Gasteiger partial charge in [0, 0.05) is 13.1 Å². The zero-order chi connectivity index (χ0) is 13.2. The molecule has 0 unspecified atom stereocenters. The third-order valence-corrected chi connectivity index (χ3v) is 2.56. The summed E-state index contributed by atoms with van der Waals surface area (Å²) in [4.78, 5) is 2.18. The maximum Gasteiger partial charge on any atom is 0.200 e. The number of hydrogen-bond acceptors (Lipinski definition) is 6. The molecule has 0 aliphatic carbocycles. The van der Waals surface area contributed by atoms with Crippen molar-refractivity contribution in [2.24, 2.45) is 5.41 Å². The molecule has 0 aliphatic rings. The van der Waals surface area contributed by atoms with E-state index in [2.05, 4.69) is 58.8 Å². The zero-order valence-corrected chi connectivity index (χ0v) is 11.3. The number of hydrogen-bond donors (Lipinski definition) is 1. The number of nitrogens with one attached hydrogen (secondary N) is 1. The molecule has 0 aromatic carbocycles. The fourth-order valence-electron chi connectivity index (χ4n) is 1.99. The second-order valence-corrected chi connectivity index (χ2v) is 5.50. The topological polar surface area (TPSA) is 71.2 Å². The predicted molar refractivity (Wildman–Crippen MR) is 69.4 cm³/mol. The highest BCUT2D eigenvalue weighted by atomic mass is 15.6. The SMILES string of the molecule is CN(C)CC(C)(C)CNc1ccc2nnnn2n1. The van der Waals surface area contributed by atoms with Crippen LogP contribution in [0.5, 0.6) is 0 Å². The quantitative estimate of drug-likeness (QED) is 0.833. The minimum atomic E-state index is 0.167. The fraction of sp³-hybridized carbons (Fsp3) is 0.636. The first kappa shape index (κ1) is 12.7. The van der Waals surface area contributed by atoms with Gasteiger partial charge < -0.3 is 10.2 Å². The first-order chi connectivity index (χ1) is 8.46. The van der Waals surface area contributed by atoms with Gasteiger partial charge in [-0.25, -0.2) is 0 Å². The normalized spacial score (nSPS) is 12.3. The van der Waals surface area contributed by atoms with E-state index in [0.717, 1.165) is 18.9 Å². The Balaban J connectivity index is 2.00. The summed E-state index contributed by atoms with van der Waals surface area (Å²) in [6.07, 6.45) is 0. The highest BCUT2D eigenvalue weighted by Gasteiger charge is 2.18. The Morgan fingerprint density at radius 1 is 1.33 bits per heavy atom. The predicted octanol–water partition coefficient (Wildman–Crippen LogP) is 0.519. The molecule has 2 aromatic heterocycles. The van der Waals surface area contributed by atoms with Gasteiger partial charge in [0.1, 0.15) is 5.82 Å². The standard InChI is InChI=1S/C11H19N7/c1-11(2,8-17(3)4)7-12-9-5-6-10-13-15-16-18(10)14-9/h5-6H,7-8H2,1-4H3,(H,12,14). The molecular formula is C11H19N7. The van der Waals surface area contributed by atoms with Gasteiger partial charge >= 0.3 is 0 Å². The summed E-state index contributed by atoms with van der Waals surface area (Å²) in [6, 6.07) is 3.73. The molecule has 7 nitrogen and oxygen atoms in total. The number of fused-ring (bicyclic) bond motifs is 1. The lowest BCUT2D eigenvalue weighted by Gasteiger charge is -2.28. The van der Waals surface area contributed by atoms with Gasteiger partial charge in [-0.2, -0.15) is 0 Å². The molecule has 0 saturated heterocycles. The Bertz CT molecular complexity index is 517. The first-order valence-electron chi connectivity index (χ1n) is 5.90. The van der Waals surface area contributed by atoms with Crippen molar-refractivity contribution in [1.82, 2.24) is 30.2 Å². The van der Waals surface area contributed by atoms with E-state index in [1.807, 2.05) is 12.1 Å². The molecule has 2 rings (SSSR count). The maximum absolute atomic E-state index is 4.27. The van der Waals surface area contributed by atoms with Crippen molar-refractivity contribution < 1.29 is 0 Å². The molecule has 0 atom stereocenters. The summed E-state index contributed by atoms with van der Waals surface area (Å²) < 4.78 is 1.42. The van der Waals surface area contributed by atoms with Crippen molar-refractivity contribution in [1.29, 1.82) is 0 Å². The largest absolute Gasteiger partial charge is 0.368 e. The van der Waals surface area contributed by atoms with Gasteiger partial charge in [-0.3, -0.25) is 0 Å². The van der Waals surface area contributed by atoms with Crippen LogP contribution in [-0.4, -0.2) is 57.3 Å². The van der Waals surface area contributed by atoms with Crippen LogP contribution < -0.4 is 5.32 Å². The van der Waals surface area contributed by atoms with E-state index >= 15 is 0 Å². The Morgan fingerprint density at radius 2 is 2.11 bits per heavy atom. The molecule has 2 aromatic rings. The van der Waals surface area contributed by atoms with Crippen LogP contribution in [0, 0.1) is 5.41 Å². The minimum absolute atomic E-state index is 0.167. The highest BCUT2D eigenvalue weighted by molar-refractivity contribution is 5.42. The molecule has 0 fully saturated rings. The number of aromatic nitrogens is 5. The minimum Gasteiger partial charge on any atom is -0.368 e. The van der Waals surface area contributed by atoms with Crippen LogP contribution in [0.1, 0.15) is 13.8 Å². The molecule has 0 amide bonds. The van der Waals surface area contributed by atoms with Crippen molar-refractivity contribution in [2.45, 2.75) is 13.8 Å². The number of anilines is 1. The van der Waals surface area contributed by atoms with Crippen LogP contribution in [0.3, 0.4) is 0 Å². The summed E-state index contributed by atoms with van der Waals surface area (Å²) in [7, 11) is 4.15. The molecule has 0 saturated carbocycles. The van der Waals surface area contributed by atoms with Gasteiger partial charge in [0.05, 0.1) is 0 Å². The number of rotatable bonds is 5. The third-order valence-electron chi connectivity index (χ3n) is 2.56. The monoisotopic (exact) mass is 249 g/mol. The Hall–Kier alpha value is -1.76. The second kappa shape index (κ2) is 4.85. The van der Waals surface area contributed by atoms with Gasteiger partial charge in [0.2, 0.25) is 0 Å². The van der Waals surface area contributed by atoms with Crippen LogP contribution in [0.2, 0.25) is 0 Å². The average Bonchev–Trinajstić information content (AvgIpc) is 2.71. The van der Waals surface area contributed by atoms with E-state index in [4.69, 9.17) is 0 Å². The lowest BCUT2D eigenvalue weighted by molar-refractivity contribution is 0.254. The van der Waals surface area contributed by atoms with E-state index < -0.39 is 0 Å². The average molecular weight is 249 g/mol. The van der Waals surface area contributed by atoms with Crippen LogP contribution in [0.15, 0.2) is 12.1 Å². The molecule has 7 heteroatoms. The smallest absolute Gasteiger partial charge is 0.200 e. The first-order valence-corrected chi connectivity index (χ1v) is 5.90. The highest BCUT2D eigenvalue weighted by Crippen LogP contribution is 2.16. The second-order valence-electron chi connectivity index (χ2n) is 5.50. The van der Waals surface area contributed by atoms with Crippen LogP contribution in [0.25, 0.3) is 5.65 Å². The molecule has 1 N–H and O–H groups in total. The fourth-order valence-corrected chi connectivity index (χ4v) is 1.99. The molecule has 0 aliphatic heterocycles. The van der Waals surface area contributed by atoms with Gasteiger partial charge in [-0.15, -0.1) is 14.8 Å². The zero-order valence-electron chi connectivity index (χ0n) is 11.3. The summed E-state index contributed by atoms with van der Waals surface area (Å²) in [5.41, 5.74) is 0.814. The van der Waals surface area contributed by atoms with Crippen molar-refractivity contribution in [3.05, 3.63) is 12.1 Å². The number of tetrazole rings is 1. The Labute approximate surface area is 106 Å². The van der Waals surface area contributed by atoms with Crippen LogP contribution in [0.4, 0.5) is 5.82 Å². The summed E-state index contributed by atoms with van der Waals surface area (Å²) in [5, 5.41) is 18.7. The molecule has 18 heavy (non-hydrogen) atoms. The summed E-state index contributed by atoms with van der Waals surface area (Å²) in [6.45, 7) is 6.28. The van der Waals surface area contributed by atoms with Crippen molar-refractivity contribution in [3.8, 4) is 0 Å². The molecule has 98 valence electrons. The lowest BCUT2D eigenvalue weighted by atomic mass is 9.93. The van der Waals surface area contributed by atoms with Crippen molar-refractivity contribution in [3.63, 3.8) is 0 Å². The number of nitrogens with zero attached hydrogens (tertiary/aromatic N) is 6. The van der Waals surface area contributed by atoms with E-state index in [0.29, 0.717) is 5.65 Å². The Kier molecular flexibility index (Phi) is 3.42. The van der Waals surface area contributed by atoms with Crippen LogP contribution in [-0.2, 0) is 0 Å². The van der Waals surface area contributed by atoms with Gasteiger partial charge in [-0.1, -0.05) is 13.8 Å². The maximum atomic E-state index is 4.27. The van der Waals surface area contributed by atoms with Crippen molar-refractivity contribution in [2.75, 3.05) is 32.5 Å². The van der Waals surface area contributed by atoms with Crippen molar-refractivity contribution >= 4 is 11.5 Å². The molecule has 2 heterocycles. The van der Waals surface area contributed by atoms with Gasteiger partial charge in [-0.05, 0) is 42.1 Å². The molecule has 0 radical (unpaired) electrons. The molecular weight excluding hydrogens is 230 g/mol. The molecule has 0 bridgehead atoms. The summed E-state index contributed by atoms with van der Waals surface area (Å²) >= 11 is 0. The molecule has 0 spiro atoms. The summed E-state index contributed by atoms with van der Waals surface area (Å²) in [5.74, 6) is 0.779. The van der Waals surface area contributed by atoms with E-state index in [-0.39, 0.29) is 5.41 Å². The van der Waals surface area contributed by atoms with E-state index in [9.17, 15) is 0 Å². The van der Waals surface area contributed by atoms with Crippen LogP contribution >= 0.6 is 0 Å². The van der Waals surface area contributed by atoms with Gasteiger partial charge in [0.25, 0.3) is 0 Å². The van der Waals surface area contributed by atoms with E-state index in [1.165, 1.54) is 4.63 Å².